The van der Waals surface area contributed by atoms with Gasteiger partial charge >= 0.3 is 0 Å². The van der Waals surface area contributed by atoms with Crippen molar-refractivity contribution in [2.24, 2.45) is 0 Å². The number of amides is 1. The van der Waals surface area contributed by atoms with Crippen molar-refractivity contribution in [3.63, 3.8) is 0 Å². The standard InChI is InChI=1S/C15H21ClN2O2/c1-11-8-18(9-13-4-3-5-14(16)6-13)10-15(20-11)7-17-12(2)19/h3-6,11,15H,7-10H2,1-2H3,(H,17,19). The number of hydrogen-bond donors (Lipinski definition) is 1. The van der Waals surface area contributed by atoms with Crippen molar-refractivity contribution in [3.8, 4) is 0 Å². The lowest BCUT2D eigenvalue weighted by atomic mass is 10.1. The summed E-state index contributed by atoms with van der Waals surface area (Å²) in [5.41, 5.74) is 1.20. The third-order valence-corrected chi connectivity index (χ3v) is 3.51. The number of nitrogens with zero attached hydrogens (tertiary/aromatic N) is 1. The average Bonchev–Trinajstić information content (AvgIpc) is 2.35. The van der Waals surface area contributed by atoms with Gasteiger partial charge in [0.25, 0.3) is 0 Å². The summed E-state index contributed by atoms with van der Waals surface area (Å²) >= 11 is 6.01. The molecular formula is C15H21ClN2O2. The van der Waals surface area contributed by atoms with Gasteiger partial charge < -0.3 is 10.1 Å². The molecule has 1 heterocycles. The van der Waals surface area contributed by atoms with Crippen molar-refractivity contribution in [1.82, 2.24) is 10.2 Å². The first-order chi connectivity index (χ1) is 9.52. The molecule has 1 N–H and O–H groups in total. The molecule has 1 aliphatic heterocycles. The van der Waals surface area contributed by atoms with Crippen LogP contribution >= 0.6 is 11.6 Å². The predicted molar refractivity (Wildman–Crippen MR) is 79.7 cm³/mol. The minimum Gasteiger partial charge on any atom is -0.371 e. The molecule has 0 aliphatic carbocycles. The number of rotatable bonds is 4. The van der Waals surface area contributed by atoms with E-state index in [9.17, 15) is 4.79 Å². The Kier molecular flexibility index (Phi) is 5.40. The highest BCUT2D eigenvalue weighted by atomic mass is 35.5. The minimum absolute atomic E-state index is 0.0202. The smallest absolute Gasteiger partial charge is 0.216 e. The van der Waals surface area contributed by atoms with Gasteiger partial charge in [-0.3, -0.25) is 9.69 Å². The quantitative estimate of drug-likeness (QED) is 0.925. The Balaban J connectivity index is 1.92. The van der Waals surface area contributed by atoms with Crippen LogP contribution in [0, 0.1) is 0 Å². The van der Waals surface area contributed by atoms with Crippen LogP contribution in [0.15, 0.2) is 24.3 Å². The van der Waals surface area contributed by atoms with Crippen molar-refractivity contribution in [3.05, 3.63) is 34.9 Å². The Morgan fingerprint density at radius 3 is 3.00 bits per heavy atom. The van der Waals surface area contributed by atoms with Gasteiger partial charge in [-0.05, 0) is 24.6 Å². The fraction of sp³-hybridized carbons (Fsp3) is 0.533. The summed E-state index contributed by atoms with van der Waals surface area (Å²) in [5.74, 6) is -0.0202. The first-order valence-corrected chi connectivity index (χ1v) is 7.27. The molecule has 0 radical (unpaired) electrons. The SMILES string of the molecule is CC(=O)NCC1CN(Cc2cccc(Cl)c2)CC(C)O1. The highest BCUT2D eigenvalue weighted by Crippen LogP contribution is 2.16. The summed E-state index contributed by atoms with van der Waals surface area (Å²) < 4.78 is 5.85. The maximum absolute atomic E-state index is 11.0. The summed E-state index contributed by atoms with van der Waals surface area (Å²) in [4.78, 5) is 13.3. The molecule has 2 atom stereocenters. The Morgan fingerprint density at radius 2 is 2.30 bits per heavy atom. The van der Waals surface area contributed by atoms with Crippen LogP contribution in [0.5, 0.6) is 0 Å². The zero-order valence-corrected chi connectivity index (χ0v) is 12.7. The summed E-state index contributed by atoms with van der Waals surface area (Å²) in [6.45, 7) is 6.71. The molecule has 1 aromatic rings. The van der Waals surface area contributed by atoms with Gasteiger partial charge in [0.05, 0.1) is 12.2 Å². The van der Waals surface area contributed by atoms with Crippen molar-refractivity contribution >= 4 is 17.5 Å². The molecule has 4 nitrogen and oxygen atoms in total. The molecule has 2 unspecified atom stereocenters. The lowest BCUT2D eigenvalue weighted by molar-refractivity contribution is -0.121. The van der Waals surface area contributed by atoms with Crippen LogP contribution < -0.4 is 5.32 Å². The Bertz CT molecular complexity index is 467. The van der Waals surface area contributed by atoms with Gasteiger partial charge in [0.2, 0.25) is 5.91 Å². The Morgan fingerprint density at radius 1 is 1.50 bits per heavy atom. The second-order valence-corrected chi connectivity index (χ2v) is 5.77. The molecule has 0 bridgehead atoms. The van der Waals surface area contributed by atoms with Crippen LogP contribution in [0.2, 0.25) is 5.02 Å². The van der Waals surface area contributed by atoms with Crippen LogP contribution in [-0.2, 0) is 16.1 Å². The molecule has 1 aliphatic rings. The molecule has 0 spiro atoms. The van der Waals surface area contributed by atoms with Gasteiger partial charge in [-0.2, -0.15) is 0 Å². The van der Waals surface area contributed by atoms with Crippen molar-refractivity contribution in [2.45, 2.75) is 32.6 Å². The number of carbonyl (C=O) groups is 1. The first kappa shape index (κ1) is 15.3. The molecular weight excluding hydrogens is 276 g/mol. The number of halogens is 1. The Labute approximate surface area is 125 Å². The molecule has 5 heteroatoms. The maximum Gasteiger partial charge on any atom is 0.216 e. The minimum atomic E-state index is -0.0202. The zero-order valence-electron chi connectivity index (χ0n) is 11.9. The van der Waals surface area contributed by atoms with E-state index in [1.165, 1.54) is 12.5 Å². The fourth-order valence-corrected chi connectivity index (χ4v) is 2.75. The van der Waals surface area contributed by atoms with E-state index in [0.717, 1.165) is 24.7 Å². The van der Waals surface area contributed by atoms with Crippen LogP contribution in [0.4, 0.5) is 0 Å². The normalized spacial score (nSPS) is 23.6. The van der Waals surface area contributed by atoms with E-state index >= 15 is 0 Å². The average molecular weight is 297 g/mol. The first-order valence-electron chi connectivity index (χ1n) is 6.89. The number of nitrogens with one attached hydrogen (secondary N) is 1. The Hall–Kier alpha value is -1.10. The molecule has 1 fully saturated rings. The van der Waals surface area contributed by atoms with E-state index in [-0.39, 0.29) is 18.1 Å². The molecule has 0 aromatic heterocycles. The van der Waals surface area contributed by atoms with Crippen molar-refractivity contribution in [1.29, 1.82) is 0 Å². The van der Waals surface area contributed by atoms with Gasteiger partial charge in [-0.1, -0.05) is 23.7 Å². The highest BCUT2D eigenvalue weighted by Gasteiger charge is 2.25. The zero-order chi connectivity index (χ0) is 14.5. The van der Waals surface area contributed by atoms with E-state index < -0.39 is 0 Å². The maximum atomic E-state index is 11.0. The third-order valence-electron chi connectivity index (χ3n) is 3.28. The van der Waals surface area contributed by atoms with E-state index in [1.807, 2.05) is 18.2 Å². The van der Waals surface area contributed by atoms with Gasteiger partial charge in [-0.25, -0.2) is 0 Å². The largest absolute Gasteiger partial charge is 0.371 e. The second-order valence-electron chi connectivity index (χ2n) is 5.33. The summed E-state index contributed by atoms with van der Waals surface area (Å²) in [6.07, 6.45) is 0.212. The van der Waals surface area contributed by atoms with Gasteiger partial charge in [0.1, 0.15) is 0 Å². The molecule has 1 aromatic carbocycles. The molecule has 2 rings (SSSR count). The van der Waals surface area contributed by atoms with Crippen LogP contribution in [0.3, 0.4) is 0 Å². The van der Waals surface area contributed by atoms with Gasteiger partial charge in [-0.15, -0.1) is 0 Å². The highest BCUT2D eigenvalue weighted by molar-refractivity contribution is 6.30. The monoisotopic (exact) mass is 296 g/mol. The van der Waals surface area contributed by atoms with E-state index in [0.29, 0.717) is 6.54 Å². The van der Waals surface area contributed by atoms with E-state index in [2.05, 4.69) is 23.2 Å². The lowest BCUT2D eigenvalue weighted by Gasteiger charge is -2.36. The van der Waals surface area contributed by atoms with E-state index in [1.54, 1.807) is 0 Å². The summed E-state index contributed by atoms with van der Waals surface area (Å²) in [7, 11) is 0. The fourth-order valence-electron chi connectivity index (χ4n) is 2.53. The molecule has 1 saturated heterocycles. The second kappa shape index (κ2) is 7.07. The van der Waals surface area contributed by atoms with Crippen LogP contribution in [0.1, 0.15) is 19.4 Å². The third kappa shape index (κ3) is 4.78. The predicted octanol–water partition coefficient (Wildman–Crippen LogP) is 2.07. The molecule has 0 saturated carbocycles. The van der Waals surface area contributed by atoms with E-state index in [4.69, 9.17) is 16.3 Å². The van der Waals surface area contributed by atoms with Crippen molar-refractivity contribution in [2.75, 3.05) is 19.6 Å². The summed E-state index contributed by atoms with van der Waals surface area (Å²) in [5, 5.41) is 3.58. The number of morpholine rings is 1. The molecule has 20 heavy (non-hydrogen) atoms. The number of benzene rings is 1. The lowest BCUT2D eigenvalue weighted by Crippen LogP contribution is -2.50. The number of ether oxygens (including phenoxy) is 1. The molecule has 1 amide bonds. The van der Waals surface area contributed by atoms with Crippen LogP contribution in [-0.4, -0.2) is 42.6 Å². The van der Waals surface area contributed by atoms with Crippen molar-refractivity contribution < 1.29 is 9.53 Å². The van der Waals surface area contributed by atoms with Crippen LogP contribution in [0.25, 0.3) is 0 Å². The van der Waals surface area contributed by atoms with Gasteiger partial charge in [0.15, 0.2) is 0 Å². The number of hydrogen-bond acceptors (Lipinski definition) is 3. The topological polar surface area (TPSA) is 41.6 Å². The summed E-state index contributed by atoms with van der Waals surface area (Å²) in [6, 6.07) is 7.92. The van der Waals surface area contributed by atoms with Gasteiger partial charge in [0, 0.05) is 38.1 Å². The number of carbonyl (C=O) groups excluding carboxylic acids is 1. The molecule has 110 valence electrons.